The lowest BCUT2D eigenvalue weighted by Gasteiger charge is -2.24. The predicted octanol–water partition coefficient (Wildman–Crippen LogP) is 2.78. The molecule has 8 heteroatoms. The van der Waals surface area contributed by atoms with Gasteiger partial charge in [0.25, 0.3) is 0 Å². The van der Waals surface area contributed by atoms with Crippen LogP contribution >= 0.6 is 0 Å². The molecule has 2 aromatic carbocycles. The average Bonchev–Trinajstić information content (AvgIpc) is 2.58. The van der Waals surface area contributed by atoms with Crippen LogP contribution in [0.4, 0.5) is 10.1 Å². The number of ether oxygens (including phenoxy) is 1. The number of amides is 1. The third-order valence-electron chi connectivity index (χ3n) is 4.06. The van der Waals surface area contributed by atoms with E-state index in [1.54, 1.807) is 12.1 Å². The van der Waals surface area contributed by atoms with Crippen LogP contribution in [0.15, 0.2) is 41.3 Å². The van der Waals surface area contributed by atoms with Gasteiger partial charge in [-0.25, -0.2) is 17.5 Å². The molecule has 0 bridgehead atoms. The minimum absolute atomic E-state index is 0.00414. The van der Waals surface area contributed by atoms with Crippen molar-refractivity contribution in [3.8, 4) is 5.75 Å². The fraction of sp³-hybridized carbons (Fsp3) is 0.316. The number of methoxy groups -OCH3 is 1. The Morgan fingerprint density at radius 2 is 1.89 bits per heavy atom. The Morgan fingerprint density at radius 3 is 2.48 bits per heavy atom. The second kappa shape index (κ2) is 8.49. The molecule has 0 spiro atoms. The van der Waals surface area contributed by atoms with E-state index in [1.807, 2.05) is 13.0 Å². The summed E-state index contributed by atoms with van der Waals surface area (Å²) < 4.78 is 45.9. The van der Waals surface area contributed by atoms with Gasteiger partial charge in [-0.15, -0.1) is 0 Å². The Kier molecular flexibility index (Phi) is 6.56. The third-order valence-corrected chi connectivity index (χ3v) is 5.68. The number of nitrogens with zero attached hydrogens (tertiary/aromatic N) is 1. The highest BCUT2D eigenvalue weighted by Gasteiger charge is 2.20. The van der Waals surface area contributed by atoms with Crippen LogP contribution in [0.25, 0.3) is 0 Å². The molecule has 0 aromatic heterocycles. The van der Waals surface area contributed by atoms with Gasteiger partial charge in [0, 0.05) is 20.0 Å². The Balaban J connectivity index is 2.18. The van der Waals surface area contributed by atoms with Crippen molar-refractivity contribution in [3.05, 3.63) is 53.3 Å². The monoisotopic (exact) mass is 394 g/mol. The summed E-state index contributed by atoms with van der Waals surface area (Å²) in [6.45, 7) is 4.93. The number of hydrogen-bond donors (Lipinski definition) is 1. The van der Waals surface area contributed by atoms with E-state index in [1.165, 1.54) is 31.9 Å². The van der Waals surface area contributed by atoms with Crippen molar-refractivity contribution in [2.75, 3.05) is 25.1 Å². The summed E-state index contributed by atoms with van der Waals surface area (Å²) >= 11 is 0. The van der Waals surface area contributed by atoms with Gasteiger partial charge >= 0.3 is 0 Å². The van der Waals surface area contributed by atoms with Gasteiger partial charge < -0.3 is 9.64 Å². The number of carbonyl (C=O) groups is 1. The fourth-order valence-electron chi connectivity index (χ4n) is 2.74. The quantitative estimate of drug-likeness (QED) is 0.784. The van der Waals surface area contributed by atoms with Crippen LogP contribution in [-0.4, -0.2) is 34.5 Å². The number of benzene rings is 2. The molecule has 146 valence electrons. The largest absolute Gasteiger partial charge is 0.495 e. The maximum absolute atomic E-state index is 13.2. The minimum atomic E-state index is -3.82. The van der Waals surface area contributed by atoms with Crippen LogP contribution < -0.4 is 14.4 Å². The maximum atomic E-state index is 13.2. The summed E-state index contributed by atoms with van der Waals surface area (Å²) in [4.78, 5) is 13.5. The normalized spacial score (nSPS) is 11.3. The molecule has 2 aromatic rings. The SMILES string of the molecule is COc1ccc(C)cc1N(CCNS(=O)(=O)c1ccc(F)cc1C)C(C)=O. The van der Waals surface area contributed by atoms with Crippen LogP contribution in [0.2, 0.25) is 0 Å². The van der Waals surface area contributed by atoms with Gasteiger partial charge in [0.15, 0.2) is 0 Å². The van der Waals surface area contributed by atoms with E-state index in [0.717, 1.165) is 17.7 Å². The van der Waals surface area contributed by atoms with Crippen LogP contribution in [-0.2, 0) is 14.8 Å². The second-order valence-electron chi connectivity index (χ2n) is 6.15. The predicted molar refractivity (Wildman–Crippen MR) is 102 cm³/mol. The van der Waals surface area contributed by atoms with E-state index in [0.29, 0.717) is 17.0 Å². The summed E-state index contributed by atoms with van der Waals surface area (Å²) in [5, 5.41) is 0. The fourth-order valence-corrected chi connectivity index (χ4v) is 3.99. The minimum Gasteiger partial charge on any atom is -0.495 e. The van der Waals surface area contributed by atoms with E-state index < -0.39 is 15.8 Å². The number of nitrogens with one attached hydrogen (secondary N) is 1. The van der Waals surface area contributed by atoms with E-state index in [4.69, 9.17) is 4.74 Å². The molecule has 0 radical (unpaired) electrons. The number of carbonyl (C=O) groups excluding carboxylic acids is 1. The van der Waals surface area contributed by atoms with Crippen molar-refractivity contribution in [1.82, 2.24) is 4.72 Å². The molecule has 0 saturated heterocycles. The number of hydrogen-bond acceptors (Lipinski definition) is 4. The highest BCUT2D eigenvalue weighted by Crippen LogP contribution is 2.29. The topological polar surface area (TPSA) is 75.7 Å². The zero-order valence-corrected chi connectivity index (χ0v) is 16.6. The first-order chi connectivity index (χ1) is 12.7. The number of rotatable bonds is 7. The molecule has 0 atom stereocenters. The molecule has 0 unspecified atom stereocenters. The Bertz CT molecular complexity index is 945. The zero-order chi connectivity index (χ0) is 20.2. The molecule has 2 rings (SSSR count). The van der Waals surface area contributed by atoms with E-state index in [2.05, 4.69) is 4.72 Å². The molecule has 1 amide bonds. The highest BCUT2D eigenvalue weighted by atomic mass is 32.2. The van der Waals surface area contributed by atoms with E-state index in [-0.39, 0.29) is 23.9 Å². The number of sulfonamides is 1. The summed E-state index contributed by atoms with van der Waals surface area (Å²) in [6.07, 6.45) is 0. The molecule has 0 saturated carbocycles. The highest BCUT2D eigenvalue weighted by molar-refractivity contribution is 7.89. The first kappa shape index (κ1) is 20.9. The van der Waals surface area contributed by atoms with Crippen LogP contribution in [0.5, 0.6) is 5.75 Å². The lowest BCUT2D eigenvalue weighted by atomic mass is 10.2. The molecule has 6 nitrogen and oxygen atoms in total. The van der Waals surface area contributed by atoms with Crippen molar-refractivity contribution < 1.29 is 22.3 Å². The zero-order valence-electron chi connectivity index (χ0n) is 15.7. The van der Waals surface area contributed by atoms with E-state index in [9.17, 15) is 17.6 Å². The van der Waals surface area contributed by atoms with Gasteiger partial charge in [-0.2, -0.15) is 0 Å². The van der Waals surface area contributed by atoms with Crippen LogP contribution in [0.3, 0.4) is 0 Å². The molecule has 0 heterocycles. The summed E-state index contributed by atoms with van der Waals surface area (Å²) in [5.41, 5.74) is 1.83. The number of anilines is 1. The molecule has 27 heavy (non-hydrogen) atoms. The van der Waals surface area contributed by atoms with E-state index >= 15 is 0 Å². The molecular weight excluding hydrogens is 371 g/mol. The Hall–Kier alpha value is -2.45. The van der Waals surface area contributed by atoms with Gasteiger partial charge in [-0.1, -0.05) is 6.07 Å². The van der Waals surface area contributed by atoms with Crippen molar-refractivity contribution in [1.29, 1.82) is 0 Å². The molecule has 0 aliphatic carbocycles. The Labute approximate surface area is 159 Å². The first-order valence-electron chi connectivity index (χ1n) is 8.34. The maximum Gasteiger partial charge on any atom is 0.240 e. The van der Waals surface area contributed by atoms with Crippen LogP contribution in [0, 0.1) is 19.7 Å². The van der Waals surface area contributed by atoms with Crippen molar-refractivity contribution in [3.63, 3.8) is 0 Å². The third kappa shape index (κ3) is 5.05. The lowest BCUT2D eigenvalue weighted by molar-refractivity contribution is -0.116. The standard InChI is InChI=1S/C19H23FN2O4S/c1-13-5-7-18(26-4)17(11-13)22(15(3)23)10-9-21-27(24,25)19-8-6-16(20)12-14(19)2/h5-8,11-12,21H,9-10H2,1-4H3. The molecule has 0 aliphatic heterocycles. The summed E-state index contributed by atoms with van der Waals surface area (Å²) in [7, 11) is -2.31. The molecule has 0 fully saturated rings. The van der Waals surface area contributed by atoms with Crippen molar-refractivity contribution in [2.24, 2.45) is 0 Å². The van der Waals surface area contributed by atoms with Crippen LogP contribution in [0.1, 0.15) is 18.1 Å². The molecular formula is C19H23FN2O4S. The van der Waals surface area contributed by atoms with Crippen molar-refractivity contribution >= 4 is 21.6 Å². The van der Waals surface area contributed by atoms with Crippen molar-refractivity contribution in [2.45, 2.75) is 25.7 Å². The van der Waals surface area contributed by atoms with Gasteiger partial charge in [0.2, 0.25) is 15.9 Å². The summed E-state index contributed by atoms with van der Waals surface area (Å²) in [5.74, 6) is -0.218. The average molecular weight is 394 g/mol. The lowest BCUT2D eigenvalue weighted by Crippen LogP contribution is -2.38. The second-order valence-corrected chi connectivity index (χ2v) is 7.89. The molecule has 1 N–H and O–H groups in total. The smallest absolute Gasteiger partial charge is 0.240 e. The van der Waals surface area contributed by atoms with Gasteiger partial charge in [-0.05, 0) is 55.3 Å². The Morgan fingerprint density at radius 1 is 1.19 bits per heavy atom. The number of halogens is 1. The van der Waals surface area contributed by atoms with Gasteiger partial charge in [-0.3, -0.25) is 4.79 Å². The van der Waals surface area contributed by atoms with Gasteiger partial charge in [0.1, 0.15) is 11.6 Å². The first-order valence-corrected chi connectivity index (χ1v) is 9.82. The molecule has 0 aliphatic rings. The number of aryl methyl sites for hydroxylation is 2. The van der Waals surface area contributed by atoms with Gasteiger partial charge in [0.05, 0.1) is 17.7 Å². The summed E-state index contributed by atoms with van der Waals surface area (Å²) in [6, 6.07) is 8.90.